The molecule has 0 saturated heterocycles. The molecule has 0 aromatic heterocycles. The van der Waals surface area contributed by atoms with Gasteiger partial charge < -0.3 is 4.79 Å². The van der Waals surface area contributed by atoms with E-state index < -0.39 is 0 Å². The van der Waals surface area contributed by atoms with Crippen molar-refractivity contribution in [1.82, 2.24) is 0 Å². The van der Waals surface area contributed by atoms with Crippen LogP contribution >= 0.6 is 0 Å². The van der Waals surface area contributed by atoms with Crippen LogP contribution < -0.4 is 0 Å². The minimum Gasteiger partial charge on any atom is -0.303 e. The van der Waals surface area contributed by atoms with Crippen molar-refractivity contribution in [2.45, 2.75) is 72.6 Å². The molecule has 0 bridgehead atoms. The van der Waals surface area contributed by atoms with Crippen LogP contribution in [0.1, 0.15) is 82.4 Å². The van der Waals surface area contributed by atoms with E-state index in [1.807, 2.05) is 46.0 Å². The molecular weight excluding hydrogens is 360 g/mol. The number of aliphatic imine (C=N–C) groups is 1. The smallest absolute Gasteiger partial charge is 0.160 e. The summed E-state index contributed by atoms with van der Waals surface area (Å²) in [7, 11) is 0. The van der Waals surface area contributed by atoms with E-state index in [9.17, 15) is 9.59 Å². The Kier molecular flexibility index (Phi) is 7.67. The van der Waals surface area contributed by atoms with Crippen molar-refractivity contribution >= 4 is 18.3 Å². The molecule has 1 aromatic rings. The number of rotatable bonds is 8. The highest BCUT2D eigenvalue weighted by atomic mass is 16.1. The zero-order valence-electron chi connectivity index (χ0n) is 18.3. The average Bonchev–Trinajstić information content (AvgIpc) is 2.69. The van der Waals surface area contributed by atoms with E-state index in [2.05, 4.69) is 19.1 Å². The predicted molar refractivity (Wildman–Crippen MR) is 117 cm³/mol. The highest BCUT2D eigenvalue weighted by molar-refractivity contribution is 5.97. The SMILES string of the molecule is CCC(CC=NC1=C(C)C(=O)CC(C)(C(C=O)CC)C1)c1ccc(C#N)c(C)c1. The summed E-state index contributed by atoms with van der Waals surface area (Å²) in [6.07, 6.45) is 6.46. The van der Waals surface area contributed by atoms with Gasteiger partial charge in [-0.05, 0) is 68.1 Å². The number of nitrogens with zero attached hydrogens (tertiary/aromatic N) is 2. The normalized spacial score (nSPS) is 21.9. The minimum atomic E-state index is -0.353. The molecule has 3 unspecified atom stereocenters. The topological polar surface area (TPSA) is 70.3 Å². The third kappa shape index (κ3) is 5.09. The Morgan fingerprint density at radius 2 is 1.97 bits per heavy atom. The third-order valence-corrected chi connectivity index (χ3v) is 6.46. The molecule has 0 spiro atoms. The summed E-state index contributed by atoms with van der Waals surface area (Å²) in [6.45, 7) is 9.98. The van der Waals surface area contributed by atoms with E-state index in [1.165, 1.54) is 5.56 Å². The zero-order chi connectivity index (χ0) is 21.6. The van der Waals surface area contributed by atoms with Crippen LogP contribution in [0.3, 0.4) is 0 Å². The summed E-state index contributed by atoms with van der Waals surface area (Å²) in [5.41, 5.74) is 4.09. The molecule has 0 fully saturated rings. The van der Waals surface area contributed by atoms with Crippen molar-refractivity contribution in [3.8, 4) is 6.07 Å². The van der Waals surface area contributed by atoms with Crippen LogP contribution in [0.25, 0.3) is 0 Å². The van der Waals surface area contributed by atoms with Gasteiger partial charge in [0.25, 0.3) is 0 Å². The van der Waals surface area contributed by atoms with Crippen LogP contribution in [0.2, 0.25) is 0 Å². The number of hydrogen-bond acceptors (Lipinski definition) is 4. The lowest BCUT2D eigenvalue weighted by Gasteiger charge is -2.37. The molecule has 2 rings (SSSR count). The van der Waals surface area contributed by atoms with Gasteiger partial charge in [0.2, 0.25) is 0 Å². The molecule has 0 N–H and O–H groups in total. The van der Waals surface area contributed by atoms with Gasteiger partial charge in [0.1, 0.15) is 6.29 Å². The fraction of sp³-hybridized carbons (Fsp3) is 0.520. The first-order chi connectivity index (χ1) is 13.8. The number of Topliss-reactive ketones (excluding diaryl/α,β-unsaturated/α-hetero) is 1. The molecule has 0 heterocycles. The maximum absolute atomic E-state index is 12.6. The quantitative estimate of drug-likeness (QED) is 0.421. The van der Waals surface area contributed by atoms with Crippen LogP contribution in [0.15, 0.2) is 34.5 Å². The highest BCUT2D eigenvalue weighted by Crippen LogP contribution is 2.44. The molecule has 0 saturated carbocycles. The second-order valence-electron chi connectivity index (χ2n) is 8.49. The molecule has 0 amide bonds. The van der Waals surface area contributed by atoms with Crippen LogP contribution in [-0.2, 0) is 9.59 Å². The van der Waals surface area contributed by atoms with Gasteiger partial charge >= 0.3 is 0 Å². The molecule has 1 aromatic carbocycles. The largest absolute Gasteiger partial charge is 0.303 e. The first-order valence-corrected chi connectivity index (χ1v) is 10.5. The Morgan fingerprint density at radius 3 is 2.52 bits per heavy atom. The molecule has 0 radical (unpaired) electrons. The van der Waals surface area contributed by atoms with Crippen molar-refractivity contribution in [1.29, 1.82) is 5.26 Å². The second-order valence-corrected chi connectivity index (χ2v) is 8.49. The number of carbonyl (C=O) groups excluding carboxylic acids is 2. The van der Waals surface area contributed by atoms with Gasteiger partial charge in [-0.15, -0.1) is 0 Å². The number of benzene rings is 1. The van der Waals surface area contributed by atoms with Crippen LogP contribution in [0.4, 0.5) is 0 Å². The molecule has 0 aliphatic heterocycles. The molecule has 4 heteroatoms. The lowest BCUT2D eigenvalue weighted by molar-refractivity contribution is -0.121. The molecule has 1 aliphatic carbocycles. The van der Waals surface area contributed by atoms with E-state index in [4.69, 9.17) is 10.3 Å². The van der Waals surface area contributed by atoms with Crippen molar-refractivity contribution in [2.75, 3.05) is 0 Å². The maximum atomic E-state index is 12.6. The van der Waals surface area contributed by atoms with Crippen molar-refractivity contribution in [2.24, 2.45) is 16.3 Å². The first-order valence-electron chi connectivity index (χ1n) is 10.5. The first kappa shape index (κ1) is 22.7. The van der Waals surface area contributed by atoms with E-state index in [0.717, 1.165) is 42.4 Å². The van der Waals surface area contributed by atoms with Crippen molar-refractivity contribution < 1.29 is 9.59 Å². The second kappa shape index (κ2) is 9.78. The van der Waals surface area contributed by atoms with Crippen LogP contribution in [0, 0.1) is 29.6 Å². The van der Waals surface area contributed by atoms with Gasteiger partial charge in [-0.1, -0.05) is 32.9 Å². The van der Waals surface area contributed by atoms with Gasteiger partial charge in [-0.25, -0.2) is 0 Å². The summed E-state index contributed by atoms with van der Waals surface area (Å²) in [5, 5.41) is 9.13. The summed E-state index contributed by atoms with van der Waals surface area (Å²) in [6, 6.07) is 8.20. The van der Waals surface area contributed by atoms with Gasteiger partial charge in [-0.2, -0.15) is 5.26 Å². The van der Waals surface area contributed by atoms with E-state index >= 15 is 0 Å². The standard InChI is InChI=1S/C25H32N2O2/c1-6-19(20-8-9-21(15-26)17(3)12-20)10-11-27-23-13-25(5,22(7-2)16-28)14-24(29)18(23)4/h8-9,11-12,16,19,22H,6-7,10,13-14H2,1-5H3. The number of hydrogen-bond donors (Lipinski definition) is 0. The molecule has 3 atom stereocenters. The average molecular weight is 393 g/mol. The van der Waals surface area contributed by atoms with Crippen LogP contribution in [0.5, 0.6) is 0 Å². The van der Waals surface area contributed by atoms with Crippen molar-refractivity contribution in [3.05, 3.63) is 46.2 Å². The highest BCUT2D eigenvalue weighted by Gasteiger charge is 2.40. The Labute approximate surface area is 174 Å². The number of aryl methyl sites for hydroxylation is 1. The molecule has 4 nitrogen and oxygen atoms in total. The van der Waals surface area contributed by atoms with E-state index in [1.54, 1.807) is 0 Å². The van der Waals surface area contributed by atoms with Crippen molar-refractivity contribution in [3.63, 3.8) is 0 Å². The molecule has 29 heavy (non-hydrogen) atoms. The number of aldehydes is 1. The summed E-state index contributed by atoms with van der Waals surface area (Å²) < 4.78 is 0. The predicted octanol–water partition coefficient (Wildman–Crippen LogP) is 5.69. The fourth-order valence-corrected chi connectivity index (χ4v) is 4.29. The van der Waals surface area contributed by atoms with Gasteiger partial charge in [0.15, 0.2) is 5.78 Å². The van der Waals surface area contributed by atoms with Gasteiger partial charge in [-0.3, -0.25) is 9.79 Å². The molecule has 154 valence electrons. The van der Waals surface area contributed by atoms with Crippen LogP contribution in [-0.4, -0.2) is 18.3 Å². The maximum Gasteiger partial charge on any atom is 0.160 e. The monoisotopic (exact) mass is 392 g/mol. The number of allylic oxidation sites excluding steroid dienone is 2. The summed E-state index contributed by atoms with van der Waals surface area (Å²) in [4.78, 5) is 28.8. The molecule has 1 aliphatic rings. The van der Waals surface area contributed by atoms with E-state index in [-0.39, 0.29) is 17.1 Å². The number of ketones is 1. The number of carbonyl (C=O) groups is 2. The molecular formula is C25H32N2O2. The third-order valence-electron chi connectivity index (χ3n) is 6.46. The fourth-order valence-electron chi connectivity index (χ4n) is 4.29. The lowest BCUT2D eigenvalue weighted by atomic mass is 9.66. The Morgan fingerprint density at radius 1 is 1.24 bits per heavy atom. The Balaban J connectivity index is 2.19. The minimum absolute atomic E-state index is 0.0981. The zero-order valence-corrected chi connectivity index (χ0v) is 18.3. The summed E-state index contributed by atoms with van der Waals surface area (Å²) >= 11 is 0. The Bertz CT molecular complexity index is 875. The number of nitriles is 1. The Hall–Kier alpha value is -2.54. The lowest BCUT2D eigenvalue weighted by Crippen LogP contribution is -2.35. The van der Waals surface area contributed by atoms with E-state index in [0.29, 0.717) is 24.3 Å². The van der Waals surface area contributed by atoms with Gasteiger partial charge in [0, 0.05) is 29.8 Å². The van der Waals surface area contributed by atoms with Gasteiger partial charge in [0.05, 0.1) is 11.6 Å². The summed E-state index contributed by atoms with van der Waals surface area (Å²) in [5.74, 6) is 0.283.